The van der Waals surface area contributed by atoms with Gasteiger partial charge in [-0.15, -0.1) is 0 Å². The van der Waals surface area contributed by atoms with E-state index in [0.717, 1.165) is 59.7 Å². The highest BCUT2D eigenvalue weighted by molar-refractivity contribution is 5.92. The van der Waals surface area contributed by atoms with Gasteiger partial charge in [0, 0.05) is 54.1 Å². The van der Waals surface area contributed by atoms with Crippen LogP contribution in [-0.4, -0.2) is 38.3 Å². The third kappa shape index (κ3) is 4.04. The smallest absolute Gasteiger partial charge is 0.143 e. The Morgan fingerprint density at radius 3 is 2.38 bits per heavy atom. The van der Waals surface area contributed by atoms with Crippen LogP contribution in [0.15, 0.2) is 48.5 Å². The maximum atomic E-state index is 9.35. The van der Waals surface area contributed by atoms with Crippen LogP contribution in [0.4, 0.5) is 11.4 Å². The summed E-state index contributed by atoms with van der Waals surface area (Å²) in [6.07, 6.45) is 2.00. The Hall–Kier alpha value is -3.46. The molecule has 29 heavy (non-hydrogen) atoms. The van der Waals surface area contributed by atoms with E-state index in [0.29, 0.717) is 11.7 Å². The molecule has 1 fully saturated rings. The zero-order valence-electron chi connectivity index (χ0n) is 16.7. The van der Waals surface area contributed by atoms with Crippen molar-refractivity contribution in [1.29, 1.82) is 5.26 Å². The molecular formula is C23H24N4O2. The van der Waals surface area contributed by atoms with E-state index in [2.05, 4.69) is 27.3 Å². The molecule has 1 aliphatic rings. The van der Waals surface area contributed by atoms with Crippen LogP contribution in [0.5, 0.6) is 11.5 Å². The lowest BCUT2D eigenvalue weighted by Crippen LogP contribution is -2.39. The van der Waals surface area contributed by atoms with Crippen LogP contribution >= 0.6 is 0 Å². The highest BCUT2D eigenvalue weighted by atomic mass is 16.5. The van der Waals surface area contributed by atoms with Gasteiger partial charge in [-0.05, 0) is 25.0 Å². The Labute approximate surface area is 170 Å². The number of rotatable bonds is 5. The number of benzene rings is 2. The highest BCUT2D eigenvalue weighted by Gasteiger charge is 2.21. The topological polar surface area (TPSA) is 70.4 Å². The van der Waals surface area contributed by atoms with Crippen molar-refractivity contribution in [1.82, 2.24) is 4.98 Å². The lowest BCUT2D eigenvalue weighted by atomic mass is 10.0. The molecule has 0 atom stereocenters. The van der Waals surface area contributed by atoms with Gasteiger partial charge in [-0.2, -0.15) is 5.26 Å². The Morgan fingerprint density at radius 2 is 1.72 bits per heavy atom. The maximum absolute atomic E-state index is 9.35. The van der Waals surface area contributed by atoms with Gasteiger partial charge in [0.15, 0.2) is 0 Å². The molecule has 1 saturated heterocycles. The average Bonchev–Trinajstić information content (AvgIpc) is 2.78. The summed E-state index contributed by atoms with van der Waals surface area (Å²) in [5, 5.41) is 14.1. The zero-order valence-corrected chi connectivity index (χ0v) is 16.7. The number of aromatic nitrogens is 1. The SMILES string of the molecule is COc1cc(NC2CCN(c3cc(C#N)nc4ccccc34)CC2)cc(OC)c1. The average molecular weight is 388 g/mol. The minimum Gasteiger partial charge on any atom is -0.497 e. The summed E-state index contributed by atoms with van der Waals surface area (Å²) in [5.74, 6) is 1.55. The second-order valence-electron chi connectivity index (χ2n) is 7.16. The van der Waals surface area contributed by atoms with Gasteiger partial charge in [0.2, 0.25) is 0 Å². The van der Waals surface area contributed by atoms with E-state index in [9.17, 15) is 5.26 Å². The fourth-order valence-corrected chi connectivity index (χ4v) is 3.87. The molecule has 6 heteroatoms. The molecule has 1 N–H and O–H groups in total. The van der Waals surface area contributed by atoms with E-state index < -0.39 is 0 Å². The van der Waals surface area contributed by atoms with Crippen LogP contribution in [0.1, 0.15) is 18.5 Å². The Morgan fingerprint density at radius 1 is 1.03 bits per heavy atom. The standard InChI is InChI=1S/C23H24N4O2/c1-28-19-11-17(12-20(14-19)29-2)25-16-7-9-27(10-8-16)23-13-18(15-24)26-22-6-4-3-5-21(22)23/h3-6,11-14,16,25H,7-10H2,1-2H3. The summed E-state index contributed by atoms with van der Waals surface area (Å²) in [6.45, 7) is 1.83. The minimum absolute atomic E-state index is 0.367. The number of nitrogens with zero attached hydrogens (tertiary/aromatic N) is 3. The summed E-state index contributed by atoms with van der Waals surface area (Å²) in [7, 11) is 3.32. The number of ether oxygens (including phenoxy) is 2. The maximum Gasteiger partial charge on any atom is 0.143 e. The normalized spacial score (nSPS) is 14.4. The van der Waals surface area contributed by atoms with Crippen LogP contribution in [0.25, 0.3) is 10.9 Å². The third-order valence-electron chi connectivity index (χ3n) is 5.37. The van der Waals surface area contributed by atoms with E-state index in [1.807, 2.05) is 42.5 Å². The predicted molar refractivity (Wildman–Crippen MR) is 115 cm³/mol. The Kier molecular flexibility index (Phi) is 5.39. The molecule has 0 saturated carbocycles. The van der Waals surface area contributed by atoms with Gasteiger partial charge in [0.25, 0.3) is 0 Å². The van der Waals surface area contributed by atoms with Crippen LogP contribution in [0.3, 0.4) is 0 Å². The number of nitriles is 1. The van der Waals surface area contributed by atoms with Crippen molar-refractivity contribution in [2.45, 2.75) is 18.9 Å². The number of hydrogen-bond acceptors (Lipinski definition) is 6. The molecule has 0 unspecified atom stereocenters. The zero-order chi connectivity index (χ0) is 20.2. The van der Waals surface area contributed by atoms with E-state index in [-0.39, 0.29) is 0 Å². The van der Waals surface area contributed by atoms with E-state index in [1.165, 1.54) is 0 Å². The lowest BCUT2D eigenvalue weighted by Gasteiger charge is -2.35. The molecule has 3 aromatic rings. The summed E-state index contributed by atoms with van der Waals surface area (Å²) in [6, 6.07) is 18.3. The molecule has 0 spiro atoms. The fourth-order valence-electron chi connectivity index (χ4n) is 3.87. The van der Waals surface area contributed by atoms with Crippen LogP contribution in [-0.2, 0) is 0 Å². The molecule has 2 heterocycles. The molecule has 0 amide bonds. The van der Waals surface area contributed by atoms with Crippen molar-refractivity contribution in [3.63, 3.8) is 0 Å². The summed E-state index contributed by atoms with van der Waals surface area (Å²) >= 11 is 0. The van der Waals surface area contributed by atoms with Crippen LogP contribution in [0, 0.1) is 11.3 Å². The predicted octanol–water partition coefficient (Wildman–Crippen LogP) is 4.20. The summed E-state index contributed by atoms with van der Waals surface area (Å²) in [4.78, 5) is 6.79. The molecule has 1 aliphatic heterocycles. The molecule has 0 bridgehead atoms. The van der Waals surface area contributed by atoms with Gasteiger partial charge in [-0.25, -0.2) is 4.98 Å². The first-order chi connectivity index (χ1) is 14.2. The molecule has 0 radical (unpaired) electrons. The van der Waals surface area contributed by atoms with Crippen LogP contribution < -0.4 is 19.7 Å². The van der Waals surface area contributed by atoms with Gasteiger partial charge in [0.1, 0.15) is 23.3 Å². The number of pyridine rings is 1. The second-order valence-corrected chi connectivity index (χ2v) is 7.16. The van der Waals surface area contributed by atoms with Crippen molar-refractivity contribution in [3.05, 3.63) is 54.2 Å². The van der Waals surface area contributed by atoms with Gasteiger partial charge in [0.05, 0.1) is 19.7 Å². The first-order valence-electron chi connectivity index (χ1n) is 9.74. The molecule has 0 aliphatic carbocycles. The molecular weight excluding hydrogens is 364 g/mol. The first kappa shape index (κ1) is 18.9. The van der Waals surface area contributed by atoms with Gasteiger partial charge >= 0.3 is 0 Å². The molecule has 148 valence electrons. The van der Waals surface area contributed by atoms with E-state index in [4.69, 9.17) is 9.47 Å². The molecule has 4 rings (SSSR count). The van der Waals surface area contributed by atoms with Crippen LogP contribution in [0.2, 0.25) is 0 Å². The van der Waals surface area contributed by atoms with Crippen molar-refractivity contribution in [2.24, 2.45) is 0 Å². The van der Waals surface area contributed by atoms with Gasteiger partial charge < -0.3 is 19.7 Å². The van der Waals surface area contributed by atoms with Crippen molar-refractivity contribution < 1.29 is 9.47 Å². The number of hydrogen-bond donors (Lipinski definition) is 1. The lowest BCUT2D eigenvalue weighted by molar-refractivity contribution is 0.394. The van der Waals surface area contributed by atoms with Crippen molar-refractivity contribution >= 4 is 22.3 Å². The fraction of sp³-hybridized carbons (Fsp3) is 0.304. The summed E-state index contributed by atoms with van der Waals surface area (Å²) < 4.78 is 10.7. The van der Waals surface area contributed by atoms with Gasteiger partial charge in [-0.1, -0.05) is 18.2 Å². The monoisotopic (exact) mass is 388 g/mol. The van der Waals surface area contributed by atoms with Crippen molar-refractivity contribution in [2.75, 3.05) is 37.5 Å². The number of methoxy groups -OCH3 is 2. The van der Waals surface area contributed by atoms with E-state index in [1.54, 1.807) is 14.2 Å². The largest absolute Gasteiger partial charge is 0.497 e. The minimum atomic E-state index is 0.367. The molecule has 1 aromatic heterocycles. The Bertz CT molecular complexity index is 1030. The first-order valence-corrected chi connectivity index (χ1v) is 9.74. The van der Waals surface area contributed by atoms with Crippen molar-refractivity contribution in [3.8, 4) is 17.6 Å². The molecule has 6 nitrogen and oxygen atoms in total. The Balaban J connectivity index is 1.49. The van der Waals surface area contributed by atoms with E-state index >= 15 is 0 Å². The highest BCUT2D eigenvalue weighted by Crippen LogP contribution is 2.31. The number of anilines is 2. The summed E-state index contributed by atoms with van der Waals surface area (Å²) in [5.41, 5.74) is 3.42. The number of piperidine rings is 1. The number of fused-ring (bicyclic) bond motifs is 1. The third-order valence-corrected chi connectivity index (χ3v) is 5.37. The van der Waals surface area contributed by atoms with Gasteiger partial charge in [-0.3, -0.25) is 0 Å². The quantitative estimate of drug-likeness (QED) is 0.706. The molecule has 2 aromatic carbocycles. The number of nitrogens with one attached hydrogen (secondary N) is 1. The number of para-hydroxylation sites is 1. The second kappa shape index (κ2) is 8.27.